The number of guanidine groups is 1. The lowest BCUT2D eigenvalue weighted by atomic mass is 10.1. The fourth-order valence-corrected chi connectivity index (χ4v) is 3.80. The second-order valence-electron chi connectivity index (χ2n) is 6.17. The molecule has 0 unspecified atom stereocenters. The molecule has 2 aromatic carbocycles. The van der Waals surface area contributed by atoms with E-state index in [4.69, 9.17) is 15.2 Å². The van der Waals surface area contributed by atoms with Gasteiger partial charge < -0.3 is 15.2 Å². The van der Waals surface area contributed by atoms with E-state index in [1.165, 1.54) is 0 Å². The van der Waals surface area contributed by atoms with Crippen LogP contribution in [-0.4, -0.2) is 28.7 Å². The zero-order valence-corrected chi connectivity index (χ0v) is 16.9. The number of aliphatic imine (C=N–C) groups is 1. The highest BCUT2D eigenvalue weighted by atomic mass is 79.9. The minimum atomic E-state index is -0.382. The van der Waals surface area contributed by atoms with Crippen molar-refractivity contribution in [3.63, 3.8) is 0 Å². The maximum absolute atomic E-state index is 6.04. The predicted molar refractivity (Wildman–Crippen MR) is 114 cm³/mol. The number of anilines is 1. The Morgan fingerprint density at radius 2 is 2.14 bits per heavy atom. The fraction of sp³-hybridized carbons (Fsp3) is 0.200. The van der Waals surface area contributed by atoms with Crippen molar-refractivity contribution in [2.24, 2.45) is 10.7 Å². The lowest BCUT2D eigenvalue weighted by Gasteiger charge is -2.25. The lowest BCUT2D eigenvalue weighted by Crippen LogP contribution is -2.31. The second-order valence-corrected chi connectivity index (χ2v) is 7.02. The molecule has 8 heteroatoms. The molecule has 144 valence electrons. The maximum Gasteiger partial charge on any atom is 0.212 e. The quantitative estimate of drug-likeness (QED) is 0.563. The van der Waals surface area contributed by atoms with Gasteiger partial charge in [-0.15, -0.1) is 0 Å². The first kappa shape index (κ1) is 18.4. The summed E-state index contributed by atoms with van der Waals surface area (Å²) >= 11 is 3.60. The van der Waals surface area contributed by atoms with Gasteiger partial charge in [-0.3, -0.25) is 9.88 Å². The highest BCUT2D eigenvalue weighted by molar-refractivity contribution is 9.10. The van der Waals surface area contributed by atoms with Crippen LogP contribution >= 0.6 is 15.9 Å². The van der Waals surface area contributed by atoms with Crippen molar-refractivity contribution in [3.05, 3.63) is 59.1 Å². The number of hydrogen-bond donors (Lipinski definition) is 2. The van der Waals surface area contributed by atoms with Gasteiger partial charge in [0.25, 0.3) is 0 Å². The molecule has 0 spiro atoms. The Kier molecular flexibility index (Phi) is 4.95. The van der Waals surface area contributed by atoms with Gasteiger partial charge in [-0.2, -0.15) is 0 Å². The number of aromatic nitrogens is 2. The van der Waals surface area contributed by atoms with E-state index >= 15 is 0 Å². The van der Waals surface area contributed by atoms with Gasteiger partial charge in [-0.25, -0.2) is 9.98 Å². The number of benzene rings is 2. The Labute approximate surface area is 171 Å². The Morgan fingerprint density at radius 3 is 2.93 bits per heavy atom. The highest BCUT2D eigenvalue weighted by Crippen LogP contribution is 2.41. The van der Waals surface area contributed by atoms with Gasteiger partial charge >= 0.3 is 0 Å². The molecular formula is C20H20BrN5O2. The number of imidazole rings is 1. The summed E-state index contributed by atoms with van der Waals surface area (Å²) in [6.07, 6.45) is 1.31. The van der Waals surface area contributed by atoms with E-state index in [2.05, 4.69) is 37.8 Å². The number of nitrogens with one attached hydrogen (secondary N) is 1. The molecule has 0 radical (unpaired) electrons. The average molecular weight is 442 g/mol. The maximum atomic E-state index is 6.04. The summed E-state index contributed by atoms with van der Waals surface area (Å²) in [4.78, 5) is 9.25. The van der Waals surface area contributed by atoms with Gasteiger partial charge in [0, 0.05) is 5.56 Å². The highest BCUT2D eigenvalue weighted by Gasteiger charge is 2.27. The summed E-state index contributed by atoms with van der Waals surface area (Å²) in [5.74, 6) is 2.23. The molecule has 0 bridgehead atoms. The third-order valence-electron chi connectivity index (χ3n) is 4.32. The lowest BCUT2D eigenvalue weighted by molar-refractivity contribution is 0.295. The monoisotopic (exact) mass is 441 g/mol. The van der Waals surface area contributed by atoms with Crippen molar-refractivity contribution >= 4 is 38.9 Å². The number of para-hydroxylation sites is 2. The molecule has 0 aliphatic carbocycles. The smallest absolute Gasteiger partial charge is 0.212 e. The number of hydrogen-bond acceptors (Lipinski definition) is 6. The number of fused-ring (bicyclic) bond motifs is 3. The van der Waals surface area contributed by atoms with E-state index in [-0.39, 0.29) is 6.17 Å². The minimum absolute atomic E-state index is 0.314. The summed E-state index contributed by atoms with van der Waals surface area (Å²) < 4.78 is 14.4. The average Bonchev–Trinajstić information content (AvgIpc) is 3.05. The number of nitrogens with zero attached hydrogens (tertiary/aromatic N) is 3. The molecule has 1 atom stereocenters. The molecule has 0 fully saturated rings. The van der Waals surface area contributed by atoms with Gasteiger partial charge in [0.2, 0.25) is 5.95 Å². The van der Waals surface area contributed by atoms with Gasteiger partial charge in [-0.1, -0.05) is 24.8 Å². The summed E-state index contributed by atoms with van der Waals surface area (Å²) in [5.41, 5.74) is 8.77. The normalized spacial score (nSPS) is 15.5. The van der Waals surface area contributed by atoms with Crippen molar-refractivity contribution in [1.29, 1.82) is 0 Å². The second kappa shape index (κ2) is 7.55. The van der Waals surface area contributed by atoms with Crippen LogP contribution in [0.25, 0.3) is 11.0 Å². The minimum Gasteiger partial charge on any atom is -0.490 e. The Morgan fingerprint density at radius 1 is 1.32 bits per heavy atom. The molecule has 3 aromatic rings. The van der Waals surface area contributed by atoms with Crippen LogP contribution in [-0.2, 0) is 0 Å². The number of rotatable bonds is 6. The molecule has 0 saturated carbocycles. The van der Waals surface area contributed by atoms with E-state index < -0.39 is 0 Å². The molecule has 4 rings (SSSR count). The van der Waals surface area contributed by atoms with E-state index in [1.54, 1.807) is 6.08 Å². The first-order valence-electron chi connectivity index (χ1n) is 8.89. The summed E-state index contributed by atoms with van der Waals surface area (Å²) in [6, 6.07) is 11.8. The van der Waals surface area contributed by atoms with Crippen LogP contribution in [0, 0.1) is 0 Å². The van der Waals surface area contributed by atoms with Gasteiger partial charge in [0.05, 0.1) is 22.1 Å². The molecule has 7 nitrogen and oxygen atoms in total. The van der Waals surface area contributed by atoms with Crippen LogP contribution in [0.3, 0.4) is 0 Å². The summed E-state index contributed by atoms with van der Waals surface area (Å²) in [5, 5.41) is 3.04. The molecule has 3 N–H and O–H groups in total. The van der Waals surface area contributed by atoms with Crippen LogP contribution in [0.5, 0.6) is 11.5 Å². The van der Waals surface area contributed by atoms with Crippen molar-refractivity contribution in [3.8, 4) is 11.5 Å². The van der Waals surface area contributed by atoms with Crippen molar-refractivity contribution in [1.82, 2.24) is 9.55 Å². The SMILES string of the molecule is C=CCOc1c(Br)cc([C@H]2N=C(N)Nc3nc4ccccc4n32)cc1OCC. The molecule has 0 amide bonds. The van der Waals surface area contributed by atoms with Gasteiger partial charge in [0.15, 0.2) is 23.6 Å². The van der Waals surface area contributed by atoms with Gasteiger partial charge in [-0.05, 0) is 47.1 Å². The summed E-state index contributed by atoms with van der Waals surface area (Å²) in [7, 11) is 0. The van der Waals surface area contributed by atoms with Crippen molar-refractivity contribution in [2.75, 3.05) is 18.5 Å². The standard InChI is InChI=1S/C20H20BrN5O2/c1-3-9-28-17-13(21)10-12(11-16(17)27-4-2)18-24-19(22)25-20-23-14-7-5-6-8-15(14)26(18)20/h3,5-8,10-11,18H,1,4,9H2,2H3,(H3,22,23,24,25)/t18-/m0/s1. The first-order valence-corrected chi connectivity index (χ1v) is 9.69. The van der Waals surface area contributed by atoms with E-state index in [0.717, 1.165) is 21.1 Å². The molecule has 1 aliphatic heterocycles. The molecular weight excluding hydrogens is 422 g/mol. The molecule has 0 saturated heterocycles. The largest absolute Gasteiger partial charge is 0.490 e. The van der Waals surface area contributed by atoms with Crippen molar-refractivity contribution < 1.29 is 9.47 Å². The molecule has 1 aliphatic rings. The molecule has 2 heterocycles. The first-order chi connectivity index (χ1) is 13.6. The van der Waals surface area contributed by atoms with Crippen LogP contribution in [0.2, 0.25) is 0 Å². The Bertz CT molecular complexity index is 1080. The van der Waals surface area contributed by atoms with E-state index in [0.29, 0.717) is 36.6 Å². The number of ether oxygens (including phenoxy) is 2. The van der Waals surface area contributed by atoms with Crippen LogP contribution in [0.4, 0.5) is 5.95 Å². The van der Waals surface area contributed by atoms with E-state index in [9.17, 15) is 0 Å². The summed E-state index contributed by atoms with van der Waals surface area (Å²) in [6.45, 7) is 6.52. The Hall–Kier alpha value is -3.00. The Balaban J connectivity index is 1.86. The van der Waals surface area contributed by atoms with Crippen molar-refractivity contribution in [2.45, 2.75) is 13.1 Å². The molecule has 28 heavy (non-hydrogen) atoms. The van der Waals surface area contributed by atoms with E-state index in [1.807, 2.05) is 47.9 Å². The molecule has 1 aromatic heterocycles. The third-order valence-corrected chi connectivity index (χ3v) is 4.91. The van der Waals surface area contributed by atoms with Crippen LogP contribution in [0.15, 0.2) is 58.5 Å². The fourth-order valence-electron chi connectivity index (χ4n) is 3.22. The number of halogens is 1. The van der Waals surface area contributed by atoms with Crippen LogP contribution < -0.4 is 20.5 Å². The predicted octanol–water partition coefficient (Wildman–Crippen LogP) is 4.05. The zero-order chi connectivity index (χ0) is 19.7. The van der Waals surface area contributed by atoms with Gasteiger partial charge in [0.1, 0.15) is 6.61 Å². The van der Waals surface area contributed by atoms with Crippen LogP contribution in [0.1, 0.15) is 18.7 Å². The zero-order valence-electron chi connectivity index (χ0n) is 15.4. The third kappa shape index (κ3) is 3.20. The number of nitrogens with two attached hydrogens (primary N) is 1. The topological polar surface area (TPSA) is 86.7 Å².